The van der Waals surface area contributed by atoms with E-state index in [9.17, 15) is 38.2 Å². The fourth-order valence-electron chi connectivity index (χ4n) is 3.11. The van der Waals surface area contributed by atoms with Gasteiger partial charge in [-0.2, -0.15) is 18.4 Å². The summed E-state index contributed by atoms with van der Waals surface area (Å²) >= 11 is 5.81. The van der Waals surface area contributed by atoms with E-state index < -0.39 is 51.9 Å². The number of carboxylic acids is 1. The number of fused-ring (bicyclic) bond motifs is 3. The second-order valence-corrected chi connectivity index (χ2v) is 5.90. The van der Waals surface area contributed by atoms with Crippen molar-refractivity contribution in [3.63, 3.8) is 0 Å². The van der Waals surface area contributed by atoms with Gasteiger partial charge in [0.05, 0.1) is 11.1 Å². The van der Waals surface area contributed by atoms with Crippen molar-refractivity contribution in [3.8, 4) is 11.9 Å². The van der Waals surface area contributed by atoms with Gasteiger partial charge in [0.2, 0.25) is 17.2 Å². The van der Waals surface area contributed by atoms with Crippen molar-refractivity contribution in [2.45, 2.75) is 11.6 Å². The molecule has 140 valence electrons. The summed E-state index contributed by atoms with van der Waals surface area (Å²) in [5.74, 6) is -4.61. The highest BCUT2D eigenvalue weighted by atomic mass is 35.5. The van der Waals surface area contributed by atoms with Crippen LogP contribution in [0.25, 0.3) is 10.9 Å². The number of alkyl halides is 3. The smallest absolute Gasteiger partial charge is 0.418 e. The highest BCUT2D eigenvalue weighted by Crippen LogP contribution is 2.56. The number of halogens is 4. The molecule has 0 unspecified atom stereocenters. The van der Waals surface area contributed by atoms with Crippen LogP contribution in [0.15, 0.2) is 29.7 Å². The van der Waals surface area contributed by atoms with Crippen molar-refractivity contribution in [2.24, 2.45) is 5.73 Å². The van der Waals surface area contributed by atoms with Gasteiger partial charge < -0.3 is 20.7 Å². The van der Waals surface area contributed by atoms with Crippen molar-refractivity contribution in [1.29, 1.82) is 5.26 Å². The predicted molar refractivity (Wildman–Crippen MR) is 83.2 cm³/mol. The number of hydrogen-bond acceptors (Lipinski definition) is 5. The summed E-state index contributed by atoms with van der Waals surface area (Å²) in [6.07, 6.45) is -7.31. The molecule has 1 aromatic carbocycles. The summed E-state index contributed by atoms with van der Waals surface area (Å²) in [7, 11) is 0. The lowest BCUT2D eigenvalue weighted by Crippen LogP contribution is -2.53. The highest BCUT2D eigenvalue weighted by molar-refractivity contribution is 6.31. The zero-order valence-electron chi connectivity index (χ0n) is 12.8. The molecule has 1 atom stereocenters. The quantitative estimate of drug-likeness (QED) is 0.667. The van der Waals surface area contributed by atoms with Gasteiger partial charge >= 0.3 is 18.2 Å². The van der Waals surface area contributed by atoms with E-state index in [1.807, 2.05) is 0 Å². The van der Waals surface area contributed by atoms with E-state index in [2.05, 4.69) is 0 Å². The third-order valence-corrected chi connectivity index (χ3v) is 4.37. The number of aliphatic carboxylic acids is 1. The molecule has 0 aliphatic carbocycles. The summed E-state index contributed by atoms with van der Waals surface area (Å²) in [4.78, 5) is 23.5. The first kappa shape index (κ1) is 18.4. The Morgan fingerprint density at radius 3 is 2.44 bits per heavy atom. The van der Waals surface area contributed by atoms with Gasteiger partial charge in [0, 0.05) is 10.4 Å². The number of carbonyl (C=O) groups is 2. The van der Waals surface area contributed by atoms with Crippen molar-refractivity contribution >= 4 is 34.6 Å². The van der Waals surface area contributed by atoms with E-state index in [0.29, 0.717) is 4.57 Å². The minimum absolute atomic E-state index is 0.0877. The van der Waals surface area contributed by atoms with Gasteiger partial charge in [-0.1, -0.05) is 11.6 Å². The average molecular weight is 402 g/mol. The van der Waals surface area contributed by atoms with Crippen LogP contribution in [-0.4, -0.2) is 33.0 Å². The van der Waals surface area contributed by atoms with E-state index >= 15 is 0 Å². The molecular weight excluding hydrogens is 395 g/mol. The molecule has 0 saturated carbocycles. The Morgan fingerprint density at radius 1 is 1.33 bits per heavy atom. The second-order valence-electron chi connectivity index (χ2n) is 5.47. The topological polar surface area (TPSA) is 139 Å². The Labute approximate surface area is 152 Å². The molecule has 0 amide bonds. The Hall–Kier alpha value is -3.39. The summed E-state index contributed by atoms with van der Waals surface area (Å²) in [6.45, 7) is 0. The van der Waals surface area contributed by atoms with Crippen LogP contribution >= 0.6 is 11.6 Å². The van der Waals surface area contributed by atoms with Gasteiger partial charge in [-0.3, -0.25) is 4.79 Å². The number of ether oxygens (including phenoxy) is 1. The number of hydrogen-bond donors (Lipinski definition) is 3. The standard InChI is InChI=1S/C15H7ClF3N3O5/c16-5-1-2-8-6(3-5)9-11(22(8)13(25)26)27-10(21)7(4-20)14(9,12(23)24)15(17,18)19/h1-3H,21H2,(H,23,24)(H,25,26)/t14-/m1/s1. The normalized spacial score (nSPS) is 19.4. The second kappa shape index (κ2) is 5.55. The van der Waals surface area contributed by atoms with Crippen molar-refractivity contribution < 1.29 is 37.7 Å². The number of aromatic nitrogens is 1. The molecule has 8 nitrogen and oxygen atoms in total. The molecule has 27 heavy (non-hydrogen) atoms. The number of nitrogens with two attached hydrogens (primary N) is 1. The molecule has 3 rings (SSSR count). The zero-order chi connectivity index (χ0) is 20.3. The number of nitrogens with zero attached hydrogens (tertiary/aromatic N) is 2. The minimum Gasteiger partial charge on any atom is -0.480 e. The van der Waals surface area contributed by atoms with Crippen LogP contribution < -0.4 is 10.5 Å². The molecule has 0 saturated heterocycles. The average Bonchev–Trinajstić information content (AvgIpc) is 2.85. The van der Waals surface area contributed by atoms with Gasteiger partial charge in [0.25, 0.3) is 0 Å². The van der Waals surface area contributed by atoms with Crippen molar-refractivity contribution in [2.75, 3.05) is 0 Å². The maximum atomic E-state index is 14.1. The third-order valence-electron chi connectivity index (χ3n) is 4.14. The van der Waals surface area contributed by atoms with Crippen molar-refractivity contribution in [3.05, 3.63) is 40.2 Å². The zero-order valence-corrected chi connectivity index (χ0v) is 13.6. The van der Waals surface area contributed by atoms with E-state index in [4.69, 9.17) is 22.1 Å². The summed E-state index contributed by atoms with van der Waals surface area (Å²) < 4.78 is 47.6. The van der Waals surface area contributed by atoms with Crippen molar-refractivity contribution in [1.82, 2.24) is 4.57 Å². The van der Waals surface area contributed by atoms with Crippen LogP contribution in [0.1, 0.15) is 5.56 Å². The predicted octanol–water partition coefficient (Wildman–Crippen LogP) is 2.79. The van der Waals surface area contributed by atoms with Gasteiger partial charge in [0.1, 0.15) is 11.6 Å². The molecule has 2 heterocycles. The number of rotatable bonds is 1. The monoisotopic (exact) mass is 401 g/mol. The SMILES string of the molecule is N#CC1=C(N)Oc2c(c3cc(Cl)ccc3n2C(=O)O)[C@]1(C(=O)O)C(F)(F)F. The van der Waals surface area contributed by atoms with Crippen LogP contribution in [0, 0.1) is 11.3 Å². The molecule has 1 aliphatic rings. The number of nitriles is 1. The molecule has 0 radical (unpaired) electrons. The lowest BCUT2D eigenvalue weighted by atomic mass is 9.72. The van der Waals surface area contributed by atoms with Crippen LogP contribution in [-0.2, 0) is 10.2 Å². The largest absolute Gasteiger partial charge is 0.480 e. The lowest BCUT2D eigenvalue weighted by Gasteiger charge is -2.35. The Bertz CT molecular complexity index is 1100. The van der Waals surface area contributed by atoms with Gasteiger partial charge in [-0.05, 0) is 18.2 Å². The molecule has 12 heteroatoms. The molecule has 4 N–H and O–H groups in total. The summed E-state index contributed by atoms with van der Waals surface area (Å²) in [5.41, 5.74) is -1.39. The fraction of sp³-hybridized carbons (Fsp3) is 0.133. The molecule has 1 aromatic heterocycles. The summed E-state index contributed by atoms with van der Waals surface area (Å²) in [5, 5.41) is 27.6. The van der Waals surface area contributed by atoms with Gasteiger partial charge in [-0.25, -0.2) is 9.36 Å². The fourth-order valence-corrected chi connectivity index (χ4v) is 3.28. The minimum atomic E-state index is -5.56. The van der Waals surface area contributed by atoms with E-state index in [1.54, 1.807) is 0 Å². The Kier molecular flexibility index (Phi) is 3.78. The van der Waals surface area contributed by atoms with Crippen LogP contribution in [0.2, 0.25) is 5.02 Å². The highest BCUT2D eigenvalue weighted by Gasteiger charge is 2.70. The molecule has 0 fully saturated rings. The molecule has 0 bridgehead atoms. The molecule has 0 spiro atoms. The van der Waals surface area contributed by atoms with Gasteiger partial charge in [-0.15, -0.1) is 0 Å². The Balaban J connectivity index is 2.67. The van der Waals surface area contributed by atoms with E-state index in [0.717, 1.165) is 18.2 Å². The Morgan fingerprint density at radius 2 is 1.96 bits per heavy atom. The first-order chi connectivity index (χ1) is 12.5. The van der Waals surface area contributed by atoms with E-state index in [1.165, 1.54) is 6.07 Å². The maximum Gasteiger partial charge on any atom is 0.418 e. The first-order valence-corrected chi connectivity index (χ1v) is 7.32. The van der Waals surface area contributed by atoms with Crippen LogP contribution in [0.3, 0.4) is 0 Å². The molecule has 1 aliphatic heterocycles. The van der Waals surface area contributed by atoms with E-state index in [-0.39, 0.29) is 10.5 Å². The lowest BCUT2D eigenvalue weighted by molar-refractivity contribution is -0.197. The molecule has 2 aromatic rings. The summed E-state index contributed by atoms with van der Waals surface area (Å²) in [6, 6.07) is 4.37. The number of benzene rings is 1. The number of carboxylic acid groups (broad SMARTS) is 2. The maximum absolute atomic E-state index is 14.1. The van der Waals surface area contributed by atoms with Crippen LogP contribution in [0.4, 0.5) is 18.0 Å². The third kappa shape index (κ3) is 2.16. The van der Waals surface area contributed by atoms with Crippen LogP contribution in [0.5, 0.6) is 5.88 Å². The van der Waals surface area contributed by atoms with Gasteiger partial charge in [0.15, 0.2) is 0 Å². The molecular formula is C15H7ClF3N3O5. The first-order valence-electron chi connectivity index (χ1n) is 6.94.